The molecule has 0 bridgehead atoms. The van der Waals surface area contributed by atoms with E-state index < -0.39 is 5.63 Å². The summed E-state index contributed by atoms with van der Waals surface area (Å²) in [5.41, 5.74) is 3.54. The Balaban J connectivity index is 1.77. The monoisotopic (exact) mass is 352 g/mol. The van der Waals surface area contributed by atoms with E-state index >= 15 is 0 Å². The van der Waals surface area contributed by atoms with E-state index in [0.29, 0.717) is 29.3 Å². The van der Waals surface area contributed by atoms with Crippen LogP contribution in [0.25, 0.3) is 6.08 Å². The summed E-state index contributed by atoms with van der Waals surface area (Å²) in [7, 11) is 1.56. The van der Waals surface area contributed by atoms with Crippen molar-refractivity contribution in [3.8, 4) is 5.75 Å². The standard InChI is InChI=1S/C23H28O3/c1-14-11-15(2)22-18(17(4)23(22,5)13-14)9-7-8-10-19-16(3)20(25-6)12-21(24)26-19/h7-13,17-18,22H,1-6H3. The van der Waals surface area contributed by atoms with Gasteiger partial charge in [-0.2, -0.15) is 0 Å². The van der Waals surface area contributed by atoms with E-state index in [1.54, 1.807) is 7.11 Å². The van der Waals surface area contributed by atoms with Crippen LogP contribution in [0.4, 0.5) is 0 Å². The Morgan fingerprint density at radius 1 is 1.23 bits per heavy atom. The summed E-state index contributed by atoms with van der Waals surface area (Å²) in [5.74, 6) is 2.80. The Labute approximate surface area is 155 Å². The van der Waals surface area contributed by atoms with Crippen molar-refractivity contribution in [3.05, 3.63) is 69.3 Å². The van der Waals surface area contributed by atoms with Crippen LogP contribution in [0.5, 0.6) is 5.75 Å². The molecule has 0 aliphatic heterocycles. The Bertz CT molecular complexity index is 881. The SMILES string of the molecule is COc1cc(=O)oc(C=CC=CC2C(C)C3(C)C=C(C)C=C(C)C23)c1C. The van der Waals surface area contributed by atoms with Crippen LogP contribution >= 0.6 is 0 Å². The Kier molecular flexibility index (Phi) is 4.83. The molecule has 2 aliphatic rings. The predicted molar refractivity (Wildman–Crippen MR) is 106 cm³/mol. The molecule has 1 fully saturated rings. The first-order valence-electron chi connectivity index (χ1n) is 9.19. The van der Waals surface area contributed by atoms with Crippen molar-refractivity contribution in [3.63, 3.8) is 0 Å². The first-order chi connectivity index (χ1) is 12.3. The second-order valence-corrected chi connectivity index (χ2v) is 7.85. The van der Waals surface area contributed by atoms with Gasteiger partial charge in [0.2, 0.25) is 0 Å². The maximum absolute atomic E-state index is 11.6. The van der Waals surface area contributed by atoms with Crippen molar-refractivity contribution in [1.29, 1.82) is 0 Å². The van der Waals surface area contributed by atoms with E-state index in [4.69, 9.17) is 9.15 Å². The highest BCUT2D eigenvalue weighted by molar-refractivity contribution is 5.52. The van der Waals surface area contributed by atoms with E-state index in [9.17, 15) is 4.79 Å². The third kappa shape index (κ3) is 3.00. The molecular formula is C23H28O3. The number of hydrogen-bond acceptors (Lipinski definition) is 3. The van der Waals surface area contributed by atoms with Crippen LogP contribution < -0.4 is 10.4 Å². The second-order valence-electron chi connectivity index (χ2n) is 7.85. The van der Waals surface area contributed by atoms with Gasteiger partial charge in [0.25, 0.3) is 0 Å². The summed E-state index contributed by atoms with van der Waals surface area (Å²) < 4.78 is 10.5. The van der Waals surface area contributed by atoms with Crippen LogP contribution in [-0.2, 0) is 0 Å². The molecule has 0 amide bonds. The molecule has 0 spiro atoms. The zero-order valence-electron chi connectivity index (χ0n) is 16.5. The summed E-state index contributed by atoms with van der Waals surface area (Å²) in [4.78, 5) is 11.6. The smallest absolute Gasteiger partial charge is 0.339 e. The minimum absolute atomic E-state index is 0.262. The number of ether oxygens (including phenoxy) is 1. The Morgan fingerprint density at radius 3 is 2.65 bits per heavy atom. The van der Waals surface area contributed by atoms with E-state index in [-0.39, 0.29) is 5.41 Å². The van der Waals surface area contributed by atoms with Gasteiger partial charge in [0, 0.05) is 5.56 Å². The number of allylic oxidation sites excluding steroid dienone is 7. The van der Waals surface area contributed by atoms with Crippen LogP contribution in [0.15, 0.2) is 56.8 Å². The first-order valence-corrected chi connectivity index (χ1v) is 9.19. The van der Waals surface area contributed by atoms with E-state index in [1.807, 2.05) is 19.1 Å². The second kappa shape index (κ2) is 6.79. The molecule has 0 aromatic carbocycles. The van der Waals surface area contributed by atoms with Crippen molar-refractivity contribution in [2.45, 2.75) is 34.6 Å². The largest absolute Gasteiger partial charge is 0.496 e. The molecule has 1 heterocycles. The maximum atomic E-state index is 11.6. The number of fused-ring (bicyclic) bond motifs is 1. The van der Waals surface area contributed by atoms with Gasteiger partial charge in [-0.15, -0.1) is 0 Å². The lowest BCUT2D eigenvalue weighted by Gasteiger charge is -2.59. The van der Waals surface area contributed by atoms with Crippen molar-refractivity contribution < 1.29 is 9.15 Å². The lowest BCUT2D eigenvalue weighted by atomic mass is 9.44. The fourth-order valence-electron chi connectivity index (χ4n) is 4.81. The zero-order chi connectivity index (χ0) is 19.1. The first kappa shape index (κ1) is 18.5. The molecule has 3 heteroatoms. The number of rotatable bonds is 4. The third-order valence-corrected chi connectivity index (χ3v) is 6.21. The Morgan fingerprint density at radius 2 is 1.96 bits per heavy atom. The number of methoxy groups -OCH3 is 1. The lowest BCUT2D eigenvalue weighted by molar-refractivity contribution is -0.0116. The summed E-state index contributed by atoms with van der Waals surface area (Å²) >= 11 is 0. The van der Waals surface area contributed by atoms with Gasteiger partial charge in [0.05, 0.1) is 13.2 Å². The van der Waals surface area contributed by atoms with Crippen LogP contribution in [0.2, 0.25) is 0 Å². The van der Waals surface area contributed by atoms with Gasteiger partial charge < -0.3 is 9.15 Å². The molecule has 1 aromatic rings. The summed E-state index contributed by atoms with van der Waals surface area (Å²) in [6, 6.07) is 1.37. The normalized spacial score (nSPS) is 30.8. The van der Waals surface area contributed by atoms with Gasteiger partial charge in [0.1, 0.15) is 11.5 Å². The van der Waals surface area contributed by atoms with Gasteiger partial charge >= 0.3 is 5.63 Å². The maximum Gasteiger partial charge on any atom is 0.339 e. The highest BCUT2D eigenvalue weighted by atomic mass is 16.5. The molecule has 3 nitrogen and oxygen atoms in total. The van der Waals surface area contributed by atoms with E-state index in [0.717, 1.165) is 5.56 Å². The molecule has 1 saturated carbocycles. The van der Waals surface area contributed by atoms with Gasteiger partial charge in [-0.1, -0.05) is 55.4 Å². The van der Waals surface area contributed by atoms with Gasteiger partial charge in [0.15, 0.2) is 0 Å². The van der Waals surface area contributed by atoms with Crippen LogP contribution in [-0.4, -0.2) is 7.11 Å². The topological polar surface area (TPSA) is 39.4 Å². The molecule has 4 unspecified atom stereocenters. The Hall–Kier alpha value is -2.29. The van der Waals surface area contributed by atoms with Gasteiger partial charge in [-0.25, -0.2) is 4.79 Å². The lowest BCUT2D eigenvalue weighted by Crippen LogP contribution is -2.53. The minimum Gasteiger partial charge on any atom is -0.496 e. The van der Waals surface area contributed by atoms with Crippen LogP contribution in [0.1, 0.15) is 39.0 Å². The molecule has 4 atom stereocenters. The van der Waals surface area contributed by atoms with Gasteiger partial charge in [-0.3, -0.25) is 0 Å². The van der Waals surface area contributed by atoms with E-state index in [2.05, 4.69) is 52.0 Å². The van der Waals surface area contributed by atoms with Crippen LogP contribution in [0.3, 0.4) is 0 Å². The minimum atomic E-state index is -0.399. The van der Waals surface area contributed by atoms with Crippen molar-refractivity contribution in [2.24, 2.45) is 23.2 Å². The molecule has 26 heavy (non-hydrogen) atoms. The summed E-state index contributed by atoms with van der Waals surface area (Å²) in [6.45, 7) is 11.0. The summed E-state index contributed by atoms with van der Waals surface area (Å²) in [6.07, 6.45) is 12.9. The highest BCUT2D eigenvalue weighted by Gasteiger charge is 2.55. The van der Waals surface area contributed by atoms with Crippen molar-refractivity contribution in [2.75, 3.05) is 7.11 Å². The highest BCUT2D eigenvalue weighted by Crippen LogP contribution is 2.61. The molecule has 0 radical (unpaired) electrons. The molecule has 3 rings (SSSR count). The molecule has 0 saturated heterocycles. The average Bonchev–Trinajstić information content (AvgIpc) is 2.58. The van der Waals surface area contributed by atoms with Crippen molar-refractivity contribution >= 4 is 6.08 Å². The fraction of sp³-hybridized carbons (Fsp3) is 0.435. The van der Waals surface area contributed by atoms with Crippen molar-refractivity contribution in [1.82, 2.24) is 0 Å². The fourth-order valence-corrected chi connectivity index (χ4v) is 4.81. The molecule has 0 N–H and O–H groups in total. The van der Waals surface area contributed by atoms with Crippen LogP contribution in [0, 0.1) is 30.1 Å². The zero-order valence-corrected chi connectivity index (χ0v) is 16.5. The molecular weight excluding hydrogens is 324 g/mol. The molecule has 1 aromatic heterocycles. The quantitative estimate of drug-likeness (QED) is 0.688. The number of hydrogen-bond donors (Lipinski definition) is 0. The average molecular weight is 352 g/mol. The summed E-state index contributed by atoms with van der Waals surface area (Å²) in [5, 5.41) is 0. The molecule has 2 aliphatic carbocycles. The van der Waals surface area contributed by atoms with E-state index in [1.165, 1.54) is 17.2 Å². The van der Waals surface area contributed by atoms with Gasteiger partial charge in [-0.05, 0) is 50.0 Å². The molecule has 138 valence electrons. The third-order valence-electron chi connectivity index (χ3n) is 6.21. The predicted octanol–water partition coefficient (Wildman–Crippen LogP) is 5.32.